The molecule has 0 bridgehead atoms. The van der Waals surface area contributed by atoms with Gasteiger partial charge in [-0.2, -0.15) is 0 Å². The standard InChI is InChI=1S/C14H17N3O3/c1-3-10-6-4-5-7-11(10)15-12(18)8-17-13(19)9-16(2)14(17)20/h4-7H,3,8-9H2,1-2H3,(H,15,18). The van der Waals surface area contributed by atoms with Crippen LogP contribution in [0.25, 0.3) is 0 Å². The molecule has 0 aromatic heterocycles. The number of urea groups is 1. The summed E-state index contributed by atoms with van der Waals surface area (Å²) in [5, 5.41) is 2.74. The topological polar surface area (TPSA) is 69.7 Å². The van der Waals surface area contributed by atoms with E-state index in [1.54, 1.807) is 6.07 Å². The fraction of sp³-hybridized carbons (Fsp3) is 0.357. The van der Waals surface area contributed by atoms with Gasteiger partial charge in [0.05, 0.1) is 0 Å². The van der Waals surface area contributed by atoms with Crippen molar-refractivity contribution in [3.63, 3.8) is 0 Å². The van der Waals surface area contributed by atoms with Crippen molar-refractivity contribution >= 4 is 23.5 Å². The molecule has 0 radical (unpaired) electrons. The first-order valence-corrected chi connectivity index (χ1v) is 6.46. The van der Waals surface area contributed by atoms with Gasteiger partial charge < -0.3 is 10.2 Å². The molecule has 1 aromatic carbocycles. The molecule has 0 aliphatic carbocycles. The normalized spacial score (nSPS) is 14.9. The van der Waals surface area contributed by atoms with E-state index < -0.39 is 6.03 Å². The Morgan fingerprint density at radius 1 is 1.30 bits per heavy atom. The maximum Gasteiger partial charge on any atom is 0.327 e. The average molecular weight is 275 g/mol. The van der Waals surface area contributed by atoms with Crippen LogP contribution in [0.3, 0.4) is 0 Å². The Morgan fingerprint density at radius 3 is 2.60 bits per heavy atom. The van der Waals surface area contributed by atoms with Crippen LogP contribution < -0.4 is 5.32 Å². The zero-order valence-electron chi connectivity index (χ0n) is 11.5. The third-order valence-corrected chi connectivity index (χ3v) is 3.21. The van der Waals surface area contributed by atoms with Crippen LogP contribution >= 0.6 is 0 Å². The van der Waals surface area contributed by atoms with Gasteiger partial charge in [0, 0.05) is 12.7 Å². The van der Waals surface area contributed by atoms with Crippen LogP contribution in [0.15, 0.2) is 24.3 Å². The number of hydrogen-bond donors (Lipinski definition) is 1. The number of anilines is 1. The summed E-state index contributed by atoms with van der Waals surface area (Å²) < 4.78 is 0. The molecule has 106 valence electrons. The Hall–Kier alpha value is -2.37. The monoisotopic (exact) mass is 275 g/mol. The minimum Gasteiger partial charge on any atom is -0.324 e. The van der Waals surface area contributed by atoms with Gasteiger partial charge >= 0.3 is 6.03 Å². The molecule has 1 N–H and O–H groups in total. The molecule has 1 aliphatic rings. The number of carbonyl (C=O) groups is 3. The van der Waals surface area contributed by atoms with Crippen LogP contribution in [0, 0.1) is 0 Å². The lowest BCUT2D eigenvalue weighted by molar-refractivity contribution is -0.129. The van der Waals surface area contributed by atoms with Crippen molar-refractivity contribution < 1.29 is 14.4 Å². The summed E-state index contributed by atoms with van der Waals surface area (Å²) in [5.74, 6) is -0.723. The largest absolute Gasteiger partial charge is 0.327 e. The van der Waals surface area contributed by atoms with Crippen molar-refractivity contribution in [1.82, 2.24) is 9.80 Å². The second-order valence-corrected chi connectivity index (χ2v) is 4.68. The summed E-state index contributed by atoms with van der Waals surface area (Å²) in [7, 11) is 1.53. The molecule has 1 aromatic rings. The van der Waals surface area contributed by atoms with Crippen LogP contribution in [0.1, 0.15) is 12.5 Å². The molecule has 0 atom stereocenters. The number of likely N-dealkylation sites (N-methyl/N-ethyl adjacent to an activating group) is 1. The lowest BCUT2D eigenvalue weighted by atomic mass is 10.1. The van der Waals surface area contributed by atoms with E-state index in [0.29, 0.717) is 5.69 Å². The van der Waals surface area contributed by atoms with Gasteiger partial charge in [-0.25, -0.2) is 4.79 Å². The number of aryl methyl sites for hydroxylation is 1. The third kappa shape index (κ3) is 2.79. The molecule has 1 fully saturated rings. The Kier molecular flexibility index (Phi) is 4.02. The van der Waals surface area contributed by atoms with Crippen molar-refractivity contribution in [2.75, 3.05) is 25.5 Å². The molecule has 1 aliphatic heterocycles. The summed E-state index contributed by atoms with van der Waals surface area (Å²) in [5.41, 5.74) is 1.73. The van der Waals surface area contributed by atoms with Crippen LogP contribution in [-0.2, 0) is 16.0 Å². The zero-order valence-corrected chi connectivity index (χ0v) is 11.5. The number of nitrogens with zero attached hydrogens (tertiary/aromatic N) is 2. The predicted octanol–water partition coefficient (Wildman–Crippen LogP) is 1.08. The molecular formula is C14H17N3O3. The Balaban J connectivity index is 2.03. The fourth-order valence-corrected chi connectivity index (χ4v) is 2.11. The highest BCUT2D eigenvalue weighted by molar-refractivity contribution is 6.06. The molecule has 0 spiro atoms. The zero-order chi connectivity index (χ0) is 14.7. The summed E-state index contributed by atoms with van der Waals surface area (Å²) in [4.78, 5) is 37.5. The molecule has 6 nitrogen and oxygen atoms in total. The van der Waals surface area contributed by atoms with Gasteiger partial charge in [-0.3, -0.25) is 14.5 Å². The van der Waals surface area contributed by atoms with Gasteiger partial charge in [-0.05, 0) is 18.1 Å². The first-order valence-electron chi connectivity index (χ1n) is 6.46. The second kappa shape index (κ2) is 5.73. The maximum absolute atomic E-state index is 12.0. The Labute approximate surface area is 117 Å². The quantitative estimate of drug-likeness (QED) is 0.836. The van der Waals surface area contributed by atoms with E-state index in [-0.39, 0.29) is 24.9 Å². The first-order chi connectivity index (χ1) is 9.52. The summed E-state index contributed by atoms with van der Waals surface area (Å²) >= 11 is 0. The van der Waals surface area contributed by atoms with Crippen molar-refractivity contribution in [3.05, 3.63) is 29.8 Å². The van der Waals surface area contributed by atoms with E-state index in [1.807, 2.05) is 25.1 Å². The molecule has 1 saturated heterocycles. The van der Waals surface area contributed by atoms with Crippen molar-refractivity contribution in [1.29, 1.82) is 0 Å². The molecule has 4 amide bonds. The van der Waals surface area contributed by atoms with E-state index in [1.165, 1.54) is 11.9 Å². The number of para-hydroxylation sites is 1. The smallest absolute Gasteiger partial charge is 0.324 e. The van der Waals surface area contributed by atoms with Gasteiger partial charge in [0.25, 0.3) is 5.91 Å². The third-order valence-electron chi connectivity index (χ3n) is 3.21. The number of amides is 4. The van der Waals surface area contributed by atoms with Gasteiger partial charge in [0.1, 0.15) is 13.1 Å². The number of nitrogens with one attached hydrogen (secondary N) is 1. The van der Waals surface area contributed by atoms with Crippen molar-refractivity contribution in [2.24, 2.45) is 0 Å². The van der Waals surface area contributed by atoms with Crippen LogP contribution in [-0.4, -0.2) is 47.8 Å². The van der Waals surface area contributed by atoms with E-state index in [4.69, 9.17) is 0 Å². The van der Waals surface area contributed by atoms with Gasteiger partial charge in [0.15, 0.2) is 0 Å². The summed E-state index contributed by atoms with van der Waals surface area (Å²) in [6.45, 7) is 1.77. The highest BCUT2D eigenvalue weighted by Crippen LogP contribution is 2.16. The number of carbonyl (C=O) groups excluding carboxylic acids is 3. The minimum atomic E-state index is -0.436. The van der Waals surface area contributed by atoms with Crippen LogP contribution in [0.5, 0.6) is 0 Å². The van der Waals surface area contributed by atoms with Crippen LogP contribution in [0.4, 0.5) is 10.5 Å². The molecule has 0 saturated carbocycles. The van der Waals surface area contributed by atoms with E-state index in [0.717, 1.165) is 16.9 Å². The number of hydrogen-bond acceptors (Lipinski definition) is 3. The molecule has 6 heteroatoms. The van der Waals surface area contributed by atoms with Gasteiger partial charge in [0.2, 0.25) is 5.91 Å². The van der Waals surface area contributed by atoms with Crippen molar-refractivity contribution in [3.8, 4) is 0 Å². The highest BCUT2D eigenvalue weighted by Gasteiger charge is 2.34. The second-order valence-electron chi connectivity index (χ2n) is 4.68. The van der Waals surface area contributed by atoms with E-state index in [2.05, 4.69) is 5.32 Å². The Morgan fingerprint density at radius 2 is 2.00 bits per heavy atom. The Bertz CT molecular complexity index is 556. The first kappa shape index (κ1) is 14.0. The van der Waals surface area contributed by atoms with Gasteiger partial charge in [-0.1, -0.05) is 25.1 Å². The lowest BCUT2D eigenvalue weighted by Gasteiger charge is -2.15. The number of benzene rings is 1. The maximum atomic E-state index is 12.0. The predicted molar refractivity (Wildman–Crippen MR) is 74.2 cm³/mol. The van der Waals surface area contributed by atoms with Crippen molar-refractivity contribution in [2.45, 2.75) is 13.3 Å². The average Bonchev–Trinajstić information content (AvgIpc) is 2.66. The lowest BCUT2D eigenvalue weighted by Crippen LogP contribution is -2.38. The highest BCUT2D eigenvalue weighted by atomic mass is 16.2. The van der Waals surface area contributed by atoms with E-state index in [9.17, 15) is 14.4 Å². The van der Waals surface area contributed by atoms with E-state index >= 15 is 0 Å². The van der Waals surface area contributed by atoms with Crippen LogP contribution in [0.2, 0.25) is 0 Å². The molecular weight excluding hydrogens is 258 g/mol. The summed E-state index contributed by atoms with van der Waals surface area (Å²) in [6.07, 6.45) is 0.792. The minimum absolute atomic E-state index is 0.0255. The molecule has 0 unspecified atom stereocenters. The fourth-order valence-electron chi connectivity index (χ4n) is 2.11. The SMILES string of the molecule is CCc1ccccc1NC(=O)CN1C(=O)CN(C)C1=O. The summed E-state index contributed by atoms with van der Waals surface area (Å²) in [6, 6.07) is 7.02. The van der Waals surface area contributed by atoms with Gasteiger partial charge in [-0.15, -0.1) is 0 Å². The molecule has 20 heavy (non-hydrogen) atoms. The number of rotatable bonds is 4. The molecule has 2 rings (SSSR count). The molecule has 1 heterocycles. The number of imide groups is 1.